The van der Waals surface area contributed by atoms with E-state index >= 15 is 0 Å². The zero-order chi connectivity index (χ0) is 18.9. The van der Waals surface area contributed by atoms with Gasteiger partial charge in [-0.2, -0.15) is 13.2 Å². The van der Waals surface area contributed by atoms with Crippen molar-refractivity contribution in [2.45, 2.75) is 30.9 Å². The average Bonchev–Trinajstić information content (AvgIpc) is 2.61. The van der Waals surface area contributed by atoms with Gasteiger partial charge in [-0.1, -0.05) is 42.5 Å². The molecule has 0 saturated heterocycles. The van der Waals surface area contributed by atoms with Crippen LogP contribution in [0.2, 0.25) is 0 Å². The molecule has 1 aliphatic rings. The Balaban J connectivity index is 0.00000261. The fourth-order valence-electron chi connectivity index (χ4n) is 3.75. The van der Waals surface area contributed by atoms with Crippen molar-refractivity contribution < 1.29 is 18.0 Å². The zero-order valence-electron chi connectivity index (χ0n) is 15.3. The van der Waals surface area contributed by atoms with Crippen molar-refractivity contribution >= 4 is 18.2 Å². The number of hydrogen-bond acceptors (Lipinski definition) is 2. The lowest BCUT2D eigenvalue weighted by molar-refractivity contribution is -0.137. The topological polar surface area (TPSA) is 20.3 Å². The van der Waals surface area contributed by atoms with Crippen LogP contribution < -0.4 is 0 Å². The van der Waals surface area contributed by atoms with Crippen LogP contribution in [0.1, 0.15) is 39.9 Å². The maximum atomic E-state index is 13.4. The molecule has 0 aliphatic heterocycles. The Hall–Kier alpha value is -1.85. The number of benzene rings is 2. The van der Waals surface area contributed by atoms with Gasteiger partial charge in [0.05, 0.1) is 11.0 Å². The lowest BCUT2D eigenvalue weighted by atomic mass is 9.64. The molecule has 2 aromatic carbocycles. The number of alkyl halides is 3. The van der Waals surface area contributed by atoms with Gasteiger partial charge in [-0.25, -0.2) is 0 Å². The summed E-state index contributed by atoms with van der Waals surface area (Å²) in [7, 11) is 3.81. The van der Waals surface area contributed by atoms with Gasteiger partial charge in [-0.15, -0.1) is 12.4 Å². The molecule has 1 aliphatic carbocycles. The molecule has 1 unspecified atom stereocenters. The summed E-state index contributed by atoms with van der Waals surface area (Å²) in [6, 6.07) is 12.7. The predicted octanol–water partition coefficient (Wildman–Crippen LogP) is 5.15. The van der Waals surface area contributed by atoms with Crippen molar-refractivity contribution in [3.05, 3.63) is 70.8 Å². The number of fused-ring (bicyclic) bond motifs is 1. The van der Waals surface area contributed by atoms with Gasteiger partial charge in [0.2, 0.25) is 0 Å². The molecule has 0 amide bonds. The van der Waals surface area contributed by atoms with Crippen molar-refractivity contribution in [1.29, 1.82) is 0 Å². The molecule has 27 heavy (non-hydrogen) atoms. The molecule has 1 atom stereocenters. The second-order valence-electron chi connectivity index (χ2n) is 7.20. The van der Waals surface area contributed by atoms with Crippen LogP contribution in [0.4, 0.5) is 13.2 Å². The first-order chi connectivity index (χ1) is 12.2. The van der Waals surface area contributed by atoms with Crippen LogP contribution in [-0.4, -0.2) is 31.3 Å². The minimum Gasteiger partial charge on any atom is -0.309 e. The van der Waals surface area contributed by atoms with E-state index in [-0.39, 0.29) is 18.2 Å². The summed E-state index contributed by atoms with van der Waals surface area (Å²) in [5, 5.41) is 0. The van der Waals surface area contributed by atoms with Crippen LogP contribution in [0.3, 0.4) is 0 Å². The van der Waals surface area contributed by atoms with Gasteiger partial charge in [0, 0.05) is 5.56 Å². The minimum atomic E-state index is -4.42. The Morgan fingerprint density at radius 1 is 1.07 bits per heavy atom. The summed E-state index contributed by atoms with van der Waals surface area (Å²) in [6.07, 6.45) is -2.72. The third-order valence-electron chi connectivity index (χ3n) is 5.25. The lowest BCUT2D eigenvalue weighted by Gasteiger charge is -2.38. The Labute approximate surface area is 163 Å². The van der Waals surface area contributed by atoms with Crippen molar-refractivity contribution in [1.82, 2.24) is 4.90 Å². The zero-order valence-corrected chi connectivity index (χ0v) is 16.2. The van der Waals surface area contributed by atoms with E-state index in [9.17, 15) is 18.0 Å². The third kappa shape index (κ3) is 4.19. The highest BCUT2D eigenvalue weighted by Gasteiger charge is 2.44. The summed E-state index contributed by atoms with van der Waals surface area (Å²) in [5.41, 5.74) is 0.458. The van der Waals surface area contributed by atoms with Crippen LogP contribution in [0.5, 0.6) is 0 Å². The Morgan fingerprint density at radius 2 is 1.78 bits per heavy atom. The number of hydrogen-bond donors (Lipinski definition) is 0. The van der Waals surface area contributed by atoms with Gasteiger partial charge < -0.3 is 4.90 Å². The molecule has 0 fully saturated rings. The van der Waals surface area contributed by atoms with E-state index < -0.39 is 17.2 Å². The molecule has 0 radical (unpaired) electrons. The largest absolute Gasteiger partial charge is 0.416 e. The smallest absolute Gasteiger partial charge is 0.309 e. The quantitative estimate of drug-likeness (QED) is 0.711. The molecule has 0 N–H and O–H groups in total. The highest BCUT2D eigenvalue weighted by molar-refractivity contribution is 6.06. The molecule has 3 rings (SSSR count). The van der Waals surface area contributed by atoms with Crippen LogP contribution in [0.15, 0.2) is 48.5 Å². The van der Waals surface area contributed by atoms with Crippen molar-refractivity contribution in [3.8, 4) is 0 Å². The van der Waals surface area contributed by atoms with Gasteiger partial charge in [-0.3, -0.25) is 4.79 Å². The number of carbonyl (C=O) groups excluding carboxylic acids is 1. The van der Waals surface area contributed by atoms with Crippen molar-refractivity contribution in [3.63, 3.8) is 0 Å². The molecule has 0 aromatic heterocycles. The molecule has 2 nitrogen and oxygen atoms in total. The Bertz CT molecular complexity index is 819. The summed E-state index contributed by atoms with van der Waals surface area (Å²) in [5.74, 6) is -0.0690. The highest BCUT2D eigenvalue weighted by atomic mass is 35.5. The summed E-state index contributed by atoms with van der Waals surface area (Å²) >= 11 is 0. The SMILES string of the molecule is CN(C)CCC1(c2cccc(C(F)(F)F)c2)CCc2ccccc2C1=O.Cl. The number of carbonyl (C=O) groups is 1. The van der Waals surface area contributed by atoms with E-state index in [1.54, 1.807) is 12.1 Å². The second-order valence-corrected chi connectivity index (χ2v) is 7.20. The number of aryl methyl sites for hydroxylation is 1. The van der Waals surface area contributed by atoms with E-state index in [0.29, 0.717) is 36.9 Å². The third-order valence-corrected chi connectivity index (χ3v) is 5.25. The number of nitrogens with zero attached hydrogens (tertiary/aromatic N) is 1. The van der Waals surface area contributed by atoms with Gasteiger partial charge in [0.15, 0.2) is 5.78 Å². The number of Topliss-reactive ketones (excluding diaryl/α,β-unsaturated/α-hetero) is 1. The summed E-state index contributed by atoms with van der Waals surface area (Å²) in [4.78, 5) is 15.4. The second kappa shape index (κ2) is 8.03. The van der Waals surface area contributed by atoms with Gasteiger partial charge in [0.25, 0.3) is 0 Å². The van der Waals surface area contributed by atoms with E-state index in [0.717, 1.165) is 17.7 Å². The molecular formula is C21H23ClF3NO. The first kappa shape index (κ1) is 21.5. The van der Waals surface area contributed by atoms with E-state index in [2.05, 4.69) is 0 Å². The van der Waals surface area contributed by atoms with E-state index in [4.69, 9.17) is 0 Å². The first-order valence-corrected chi connectivity index (χ1v) is 8.69. The van der Waals surface area contributed by atoms with Crippen LogP contribution in [-0.2, 0) is 18.0 Å². The highest BCUT2D eigenvalue weighted by Crippen LogP contribution is 2.43. The summed E-state index contributed by atoms with van der Waals surface area (Å²) < 4.78 is 39.7. The molecule has 0 heterocycles. The number of halogens is 4. The molecule has 146 valence electrons. The van der Waals surface area contributed by atoms with Crippen LogP contribution in [0.25, 0.3) is 0 Å². The first-order valence-electron chi connectivity index (χ1n) is 8.69. The van der Waals surface area contributed by atoms with Gasteiger partial charge in [0.1, 0.15) is 0 Å². The molecule has 2 aromatic rings. The molecule has 6 heteroatoms. The van der Waals surface area contributed by atoms with Gasteiger partial charge in [-0.05, 0) is 57.1 Å². The standard InChI is InChI=1S/C21H22F3NO.ClH/c1-25(2)13-12-20(16-7-5-8-17(14-16)21(22,23)24)11-10-15-6-3-4-9-18(15)19(20)26;/h3-9,14H,10-13H2,1-2H3;1H. The average molecular weight is 398 g/mol. The van der Waals surface area contributed by atoms with Crippen molar-refractivity contribution in [2.24, 2.45) is 0 Å². The monoisotopic (exact) mass is 397 g/mol. The lowest BCUT2D eigenvalue weighted by Crippen LogP contribution is -2.42. The maximum absolute atomic E-state index is 13.4. The normalized spacial score (nSPS) is 19.6. The fourth-order valence-corrected chi connectivity index (χ4v) is 3.75. The van der Waals surface area contributed by atoms with E-state index in [1.807, 2.05) is 37.2 Å². The molecule has 0 bridgehead atoms. The van der Waals surface area contributed by atoms with E-state index in [1.165, 1.54) is 6.07 Å². The molecule has 0 saturated carbocycles. The Morgan fingerprint density at radius 3 is 2.44 bits per heavy atom. The van der Waals surface area contributed by atoms with Gasteiger partial charge >= 0.3 is 6.18 Å². The number of rotatable bonds is 4. The maximum Gasteiger partial charge on any atom is 0.416 e. The molecule has 0 spiro atoms. The predicted molar refractivity (Wildman–Crippen MR) is 103 cm³/mol. The van der Waals surface area contributed by atoms with Crippen molar-refractivity contribution in [2.75, 3.05) is 20.6 Å². The fraction of sp³-hybridized carbons (Fsp3) is 0.381. The minimum absolute atomic E-state index is 0. The molecular weight excluding hydrogens is 375 g/mol. The Kier molecular flexibility index (Phi) is 6.38. The van der Waals surface area contributed by atoms with Crippen LogP contribution in [0, 0.1) is 0 Å². The van der Waals surface area contributed by atoms with Crippen LogP contribution >= 0.6 is 12.4 Å². The number of ketones is 1. The summed E-state index contributed by atoms with van der Waals surface area (Å²) in [6.45, 7) is 0.629.